The maximum atomic E-state index is 11.1. The van der Waals surface area contributed by atoms with E-state index in [1.54, 1.807) is 6.92 Å². The minimum absolute atomic E-state index is 0.104. The van der Waals surface area contributed by atoms with Gasteiger partial charge >= 0.3 is 6.09 Å². The van der Waals surface area contributed by atoms with Crippen molar-refractivity contribution in [2.45, 2.75) is 20.3 Å². The zero-order chi connectivity index (χ0) is 9.40. The van der Waals surface area contributed by atoms with Crippen molar-refractivity contribution in [2.24, 2.45) is 0 Å². The molecule has 0 unspecified atom stereocenters. The van der Waals surface area contributed by atoms with Crippen LogP contribution in [0, 0.1) is 11.3 Å². The number of hydrogen-bond donors (Lipinski definition) is 0. The molecule has 0 fully saturated rings. The van der Waals surface area contributed by atoms with Crippen molar-refractivity contribution >= 4 is 6.09 Å². The van der Waals surface area contributed by atoms with E-state index in [9.17, 15) is 4.79 Å². The molecule has 1 amide bonds. The molecule has 0 saturated heterocycles. The summed E-state index contributed by atoms with van der Waals surface area (Å²) in [5.41, 5.74) is 0. The Kier molecular flexibility index (Phi) is 5.80. The molecule has 0 aromatic carbocycles. The first-order chi connectivity index (χ1) is 5.76. The van der Waals surface area contributed by atoms with Crippen molar-refractivity contribution in [3.8, 4) is 6.07 Å². The Morgan fingerprint density at radius 3 is 2.67 bits per heavy atom. The third kappa shape index (κ3) is 3.81. The number of ether oxygens (including phenoxy) is 1. The van der Waals surface area contributed by atoms with Gasteiger partial charge in [-0.1, -0.05) is 6.92 Å². The van der Waals surface area contributed by atoms with Gasteiger partial charge in [-0.25, -0.2) is 4.79 Å². The Labute approximate surface area is 72.7 Å². The van der Waals surface area contributed by atoms with Gasteiger partial charge in [-0.2, -0.15) is 5.26 Å². The van der Waals surface area contributed by atoms with Crippen LogP contribution in [0.25, 0.3) is 0 Å². The van der Waals surface area contributed by atoms with Gasteiger partial charge in [0, 0.05) is 6.54 Å². The molecule has 0 heterocycles. The third-order valence-corrected chi connectivity index (χ3v) is 1.28. The summed E-state index contributed by atoms with van der Waals surface area (Å²) >= 11 is 0. The second-order valence-corrected chi connectivity index (χ2v) is 2.28. The average molecular weight is 170 g/mol. The summed E-state index contributed by atoms with van der Waals surface area (Å²) in [6.45, 7) is 4.72. The topological polar surface area (TPSA) is 53.3 Å². The molecule has 4 nitrogen and oxygen atoms in total. The maximum Gasteiger partial charge on any atom is 0.410 e. The second-order valence-electron chi connectivity index (χ2n) is 2.28. The summed E-state index contributed by atoms with van der Waals surface area (Å²) in [5.74, 6) is 0. The van der Waals surface area contributed by atoms with E-state index in [0.29, 0.717) is 13.2 Å². The van der Waals surface area contributed by atoms with Gasteiger partial charge in [0.05, 0.1) is 12.7 Å². The molecule has 0 bridgehead atoms. The van der Waals surface area contributed by atoms with Gasteiger partial charge in [0.1, 0.15) is 6.54 Å². The number of nitriles is 1. The van der Waals surface area contributed by atoms with Crippen molar-refractivity contribution < 1.29 is 9.53 Å². The molecule has 0 saturated carbocycles. The minimum atomic E-state index is -0.402. The summed E-state index contributed by atoms with van der Waals surface area (Å²) in [6, 6.07) is 1.92. The summed E-state index contributed by atoms with van der Waals surface area (Å²) in [4.78, 5) is 12.5. The Balaban J connectivity index is 3.92. The van der Waals surface area contributed by atoms with Crippen LogP contribution in [0.15, 0.2) is 0 Å². The number of rotatable bonds is 4. The molecule has 0 aromatic heterocycles. The molecule has 0 radical (unpaired) electrons. The molecule has 0 N–H and O–H groups in total. The van der Waals surface area contributed by atoms with Gasteiger partial charge in [0.2, 0.25) is 0 Å². The maximum absolute atomic E-state index is 11.1. The highest BCUT2D eigenvalue weighted by molar-refractivity contribution is 5.67. The summed E-state index contributed by atoms with van der Waals surface area (Å²) < 4.78 is 4.74. The molecule has 0 aliphatic rings. The van der Waals surface area contributed by atoms with Gasteiger partial charge in [-0.05, 0) is 13.3 Å². The molecule has 0 atom stereocenters. The monoisotopic (exact) mass is 170 g/mol. The molecule has 4 heteroatoms. The van der Waals surface area contributed by atoms with E-state index in [0.717, 1.165) is 6.42 Å². The van der Waals surface area contributed by atoms with Gasteiger partial charge in [-0.15, -0.1) is 0 Å². The number of carbonyl (C=O) groups excluding carboxylic acids is 1. The standard InChI is InChI=1S/C8H14N2O2/c1-3-6-10(7-5-9)8(11)12-4-2/h3-4,6-7H2,1-2H3. The Bertz CT molecular complexity index is 174. The van der Waals surface area contributed by atoms with E-state index in [2.05, 4.69) is 0 Å². The summed E-state index contributed by atoms with van der Waals surface area (Å²) in [5, 5.41) is 8.38. The lowest BCUT2D eigenvalue weighted by Gasteiger charge is -2.17. The number of hydrogen-bond acceptors (Lipinski definition) is 3. The highest BCUT2D eigenvalue weighted by atomic mass is 16.6. The van der Waals surface area contributed by atoms with Crippen molar-refractivity contribution in [1.29, 1.82) is 5.26 Å². The molecule has 12 heavy (non-hydrogen) atoms. The van der Waals surface area contributed by atoms with Gasteiger partial charge in [0.15, 0.2) is 0 Å². The largest absolute Gasteiger partial charge is 0.450 e. The predicted molar refractivity (Wildman–Crippen MR) is 44.5 cm³/mol. The highest BCUT2D eigenvalue weighted by Gasteiger charge is 2.11. The second kappa shape index (κ2) is 6.47. The molecule has 0 spiro atoms. The van der Waals surface area contributed by atoms with Gasteiger partial charge in [-0.3, -0.25) is 4.90 Å². The van der Waals surface area contributed by atoms with E-state index < -0.39 is 6.09 Å². The van der Waals surface area contributed by atoms with Crippen LogP contribution in [-0.2, 0) is 4.74 Å². The quantitative estimate of drug-likeness (QED) is 0.599. The highest BCUT2D eigenvalue weighted by Crippen LogP contribution is 1.95. The van der Waals surface area contributed by atoms with E-state index in [1.807, 2.05) is 13.0 Å². The van der Waals surface area contributed by atoms with Crippen LogP contribution in [-0.4, -0.2) is 30.7 Å². The van der Waals surface area contributed by atoms with Crippen molar-refractivity contribution in [1.82, 2.24) is 4.90 Å². The lowest BCUT2D eigenvalue weighted by molar-refractivity contribution is 0.112. The molecule has 0 aromatic rings. The average Bonchev–Trinajstić information content (AvgIpc) is 2.04. The number of carbonyl (C=O) groups is 1. The minimum Gasteiger partial charge on any atom is -0.450 e. The third-order valence-electron chi connectivity index (χ3n) is 1.28. The van der Waals surface area contributed by atoms with Crippen molar-refractivity contribution in [3.05, 3.63) is 0 Å². The van der Waals surface area contributed by atoms with Crippen molar-refractivity contribution in [3.63, 3.8) is 0 Å². The van der Waals surface area contributed by atoms with E-state index in [-0.39, 0.29) is 6.54 Å². The first-order valence-corrected chi connectivity index (χ1v) is 4.04. The van der Waals surface area contributed by atoms with Crippen LogP contribution in [0.5, 0.6) is 0 Å². The summed E-state index contributed by atoms with van der Waals surface area (Å²) in [6.07, 6.45) is 0.432. The fourth-order valence-corrected chi connectivity index (χ4v) is 0.805. The smallest absolute Gasteiger partial charge is 0.410 e. The molecule has 68 valence electrons. The van der Waals surface area contributed by atoms with Crippen LogP contribution in [0.3, 0.4) is 0 Å². The number of nitrogens with zero attached hydrogens (tertiary/aromatic N) is 2. The number of amides is 1. The van der Waals surface area contributed by atoms with Gasteiger partial charge < -0.3 is 4.74 Å². The Morgan fingerprint density at radius 1 is 1.58 bits per heavy atom. The zero-order valence-electron chi connectivity index (χ0n) is 7.54. The van der Waals surface area contributed by atoms with Crippen LogP contribution < -0.4 is 0 Å². The predicted octanol–water partition coefficient (Wildman–Crippen LogP) is 1.38. The molecular weight excluding hydrogens is 156 g/mol. The SMILES string of the molecule is CCCN(CC#N)C(=O)OCC. The van der Waals surface area contributed by atoms with Crippen molar-refractivity contribution in [2.75, 3.05) is 19.7 Å². The fourth-order valence-electron chi connectivity index (χ4n) is 0.805. The lowest BCUT2D eigenvalue weighted by atomic mass is 10.4. The molecule has 0 rings (SSSR count). The molecular formula is C8H14N2O2. The Morgan fingerprint density at radius 2 is 2.25 bits per heavy atom. The molecule has 0 aliphatic carbocycles. The van der Waals surface area contributed by atoms with Crippen LogP contribution in [0.2, 0.25) is 0 Å². The fraction of sp³-hybridized carbons (Fsp3) is 0.750. The Hall–Kier alpha value is -1.24. The van der Waals surface area contributed by atoms with E-state index >= 15 is 0 Å². The first-order valence-electron chi connectivity index (χ1n) is 4.04. The summed E-state index contributed by atoms with van der Waals surface area (Å²) in [7, 11) is 0. The zero-order valence-corrected chi connectivity index (χ0v) is 7.54. The molecule has 0 aliphatic heterocycles. The van der Waals surface area contributed by atoms with Crippen LogP contribution in [0.1, 0.15) is 20.3 Å². The van der Waals surface area contributed by atoms with Crippen LogP contribution in [0.4, 0.5) is 4.79 Å². The van der Waals surface area contributed by atoms with Gasteiger partial charge in [0.25, 0.3) is 0 Å². The van der Waals surface area contributed by atoms with E-state index in [1.165, 1.54) is 4.90 Å². The van der Waals surface area contributed by atoms with Crippen LogP contribution >= 0.6 is 0 Å². The lowest BCUT2D eigenvalue weighted by Crippen LogP contribution is -2.32. The van der Waals surface area contributed by atoms with E-state index in [4.69, 9.17) is 10.00 Å². The first kappa shape index (κ1) is 10.8. The normalized spacial score (nSPS) is 8.75.